The number of ether oxygens (including phenoxy) is 1. The Hall–Kier alpha value is -2.45. The quantitative estimate of drug-likeness (QED) is 0.349. The Morgan fingerprint density at radius 1 is 1.21 bits per heavy atom. The van der Waals surface area contributed by atoms with Crippen molar-refractivity contribution in [2.24, 2.45) is 0 Å². The van der Waals surface area contributed by atoms with Crippen molar-refractivity contribution in [1.29, 1.82) is 0 Å². The first kappa shape index (κ1) is 19.8. The van der Waals surface area contributed by atoms with Gasteiger partial charge in [-0.25, -0.2) is 14.8 Å². The van der Waals surface area contributed by atoms with Gasteiger partial charge in [0.1, 0.15) is 15.7 Å². The van der Waals surface area contributed by atoms with E-state index in [2.05, 4.69) is 23.9 Å². The van der Waals surface area contributed by atoms with E-state index in [4.69, 9.17) is 9.97 Å². The van der Waals surface area contributed by atoms with E-state index in [1.165, 1.54) is 29.3 Å². The second-order valence-corrected chi connectivity index (χ2v) is 9.20. The van der Waals surface area contributed by atoms with Crippen LogP contribution in [0.25, 0.3) is 10.2 Å². The number of thiophene rings is 1. The van der Waals surface area contributed by atoms with Crippen molar-refractivity contribution in [3.05, 3.63) is 46.1 Å². The number of carbonyl (C=O) groups is 2. The predicted molar refractivity (Wildman–Crippen MR) is 116 cm³/mol. The lowest BCUT2D eigenvalue weighted by atomic mass is 10.2. The van der Waals surface area contributed by atoms with E-state index in [0.717, 1.165) is 33.9 Å². The number of amides is 1. The Morgan fingerprint density at radius 3 is 2.59 bits per heavy atom. The summed E-state index contributed by atoms with van der Waals surface area (Å²) in [7, 11) is 1.34. The van der Waals surface area contributed by atoms with Gasteiger partial charge in [-0.15, -0.1) is 11.3 Å². The largest absolute Gasteiger partial charge is 0.465 e. The summed E-state index contributed by atoms with van der Waals surface area (Å²) < 4.78 is 4.68. The second kappa shape index (κ2) is 8.12. The number of rotatable bonds is 6. The highest BCUT2D eigenvalue weighted by molar-refractivity contribution is 8.00. The van der Waals surface area contributed by atoms with E-state index in [0.29, 0.717) is 17.2 Å². The Labute approximate surface area is 177 Å². The highest BCUT2D eigenvalue weighted by Gasteiger charge is 2.28. The summed E-state index contributed by atoms with van der Waals surface area (Å²) in [4.78, 5) is 35.7. The van der Waals surface area contributed by atoms with Gasteiger partial charge in [-0.05, 0) is 56.5 Å². The number of anilines is 1. The summed E-state index contributed by atoms with van der Waals surface area (Å²) in [5.74, 6) is 1.09. The first-order chi connectivity index (χ1) is 14.0. The van der Waals surface area contributed by atoms with Crippen molar-refractivity contribution in [2.75, 3.05) is 18.2 Å². The number of nitrogens with zero attached hydrogens (tertiary/aromatic N) is 2. The molecule has 1 aliphatic rings. The molecule has 1 amide bonds. The fourth-order valence-corrected chi connectivity index (χ4v) is 4.99. The van der Waals surface area contributed by atoms with Crippen molar-refractivity contribution >= 4 is 50.9 Å². The molecule has 0 spiro atoms. The molecule has 1 aromatic carbocycles. The topological polar surface area (TPSA) is 81.2 Å². The van der Waals surface area contributed by atoms with Crippen LogP contribution < -0.4 is 5.32 Å². The molecule has 29 heavy (non-hydrogen) atoms. The zero-order valence-corrected chi connectivity index (χ0v) is 18.1. The first-order valence-electron chi connectivity index (χ1n) is 9.35. The summed E-state index contributed by atoms with van der Waals surface area (Å²) in [6, 6.07) is 6.63. The van der Waals surface area contributed by atoms with Gasteiger partial charge in [0.2, 0.25) is 5.91 Å². The van der Waals surface area contributed by atoms with E-state index < -0.39 is 5.97 Å². The molecule has 8 heteroatoms. The fraction of sp³-hybridized carbons (Fsp3) is 0.333. The van der Waals surface area contributed by atoms with Crippen molar-refractivity contribution < 1.29 is 14.3 Å². The number of fused-ring (bicyclic) bond motifs is 1. The third-order valence-corrected chi connectivity index (χ3v) is 6.96. The minimum Gasteiger partial charge on any atom is -0.465 e. The number of nitrogens with one attached hydrogen (secondary N) is 1. The van der Waals surface area contributed by atoms with Crippen molar-refractivity contribution in [1.82, 2.24) is 9.97 Å². The van der Waals surface area contributed by atoms with Crippen LogP contribution in [-0.4, -0.2) is 34.7 Å². The van der Waals surface area contributed by atoms with Crippen LogP contribution in [0.2, 0.25) is 0 Å². The zero-order chi connectivity index (χ0) is 20.5. The molecule has 4 rings (SSSR count). The van der Waals surface area contributed by atoms with Crippen LogP contribution in [0.1, 0.15) is 45.4 Å². The Balaban J connectivity index is 1.47. The molecule has 3 aromatic rings. The van der Waals surface area contributed by atoms with Crippen LogP contribution in [-0.2, 0) is 9.53 Å². The third-order valence-electron chi connectivity index (χ3n) is 4.89. The lowest BCUT2D eigenvalue weighted by Gasteiger charge is -2.08. The molecule has 2 aromatic heterocycles. The molecule has 0 unspecified atom stereocenters. The number of thioether (sulfide) groups is 1. The van der Waals surface area contributed by atoms with E-state index >= 15 is 0 Å². The molecule has 150 valence electrons. The predicted octanol–water partition coefficient (Wildman–Crippen LogP) is 4.70. The van der Waals surface area contributed by atoms with Gasteiger partial charge in [-0.1, -0.05) is 11.8 Å². The molecule has 0 aliphatic heterocycles. The van der Waals surface area contributed by atoms with Gasteiger partial charge >= 0.3 is 5.97 Å². The van der Waals surface area contributed by atoms with Gasteiger partial charge < -0.3 is 10.1 Å². The molecular weight excluding hydrogens is 406 g/mol. The maximum absolute atomic E-state index is 12.5. The number of methoxy groups -OCH3 is 1. The summed E-state index contributed by atoms with van der Waals surface area (Å²) in [6.07, 6.45) is 2.28. The minimum absolute atomic E-state index is 0.120. The molecule has 1 N–H and O–H groups in total. The molecule has 0 saturated heterocycles. The smallest absolute Gasteiger partial charge is 0.337 e. The lowest BCUT2D eigenvalue weighted by Crippen LogP contribution is -2.14. The van der Waals surface area contributed by atoms with Crippen molar-refractivity contribution in [3.63, 3.8) is 0 Å². The van der Waals surface area contributed by atoms with Gasteiger partial charge in [0.05, 0.1) is 18.4 Å². The van der Waals surface area contributed by atoms with Crippen LogP contribution in [0.4, 0.5) is 5.69 Å². The van der Waals surface area contributed by atoms with Gasteiger partial charge in [-0.3, -0.25) is 4.79 Å². The van der Waals surface area contributed by atoms with E-state index in [1.807, 2.05) is 0 Å². The molecule has 0 bridgehead atoms. The monoisotopic (exact) mass is 427 g/mol. The average molecular weight is 428 g/mol. The van der Waals surface area contributed by atoms with Crippen LogP contribution in [0.15, 0.2) is 29.3 Å². The van der Waals surface area contributed by atoms with Gasteiger partial charge in [0.15, 0.2) is 0 Å². The number of carbonyl (C=O) groups excluding carboxylic acids is 2. The van der Waals surface area contributed by atoms with Gasteiger partial charge in [0, 0.05) is 21.9 Å². The fourth-order valence-electron chi connectivity index (χ4n) is 3.00. The van der Waals surface area contributed by atoms with Gasteiger partial charge in [0.25, 0.3) is 0 Å². The normalized spacial score (nSPS) is 13.5. The Bertz CT molecular complexity index is 1090. The maximum Gasteiger partial charge on any atom is 0.337 e. The highest BCUT2D eigenvalue weighted by Crippen LogP contribution is 2.42. The molecule has 2 heterocycles. The van der Waals surface area contributed by atoms with E-state index in [1.54, 1.807) is 35.6 Å². The molecule has 0 radical (unpaired) electrons. The minimum atomic E-state index is -0.404. The van der Waals surface area contributed by atoms with Crippen LogP contribution in [0.3, 0.4) is 0 Å². The number of aryl methyl sites for hydroxylation is 2. The molecule has 0 atom stereocenters. The number of benzene rings is 1. The number of aromatic nitrogens is 2. The van der Waals surface area contributed by atoms with Crippen LogP contribution >= 0.6 is 23.1 Å². The Morgan fingerprint density at radius 2 is 1.93 bits per heavy atom. The summed E-state index contributed by atoms with van der Waals surface area (Å²) in [5, 5.41) is 4.81. The molecule has 1 saturated carbocycles. The molecule has 1 aliphatic carbocycles. The second-order valence-electron chi connectivity index (χ2n) is 7.03. The highest BCUT2D eigenvalue weighted by atomic mass is 32.2. The van der Waals surface area contributed by atoms with Crippen molar-refractivity contribution in [3.8, 4) is 0 Å². The summed E-state index contributed by atoms with van der Waals surface area (Å²) in [6.45, 7) is 4.18. The summed E-state index contributed by atoms with van der Waals surface area (Å²) >= 11 is 3.14. The van der Waals surface area contributed by atoms with E-state index in [9.17, 15) is 9.59 Å². The number of hydrogen-bond acceptors (Lipinski definition) is 7. The average Bonchev–Trinajstić information content (AvgIpc) is 3.52. The number of esters is 1. The van der Waals surface area contributed by atoms with Gasteiger partial charge in [-0.2, -0.15) is 0 Å². The third kappa shape index (κ3) is 4.28. The number of hydrogen-bond donors (Lipinski definition) is 1. The SMILES string of the molecule is COC(=O)c1ccc(NC(=O)CSc2nc(C3CC3)nc3sc(C)c(C)c23)cc1. The molecule has 1 fully saturated rings. The standard InChI is InChI=1S/C21H21N3O3S2/c1-11-12(2)29-20-17(11)19(23-18(24-20)13-4-5-13)28-10-16(25)22-15-8-6-14(7-9-15)21(26)27-3/h6-9,13H,4-5,10H2,1-3H3,(H,22,25). The lowest BCUT2D eigenvalue weighted by molar-refractivity contribution is -0.113. The van der Waals surface area contributed by atoms with Crippen LogP contribution in [0.5, 0.6) is 0 Å². The molecule has 6 nitrogen and oxygen atoms in total. The van der Waals surface area contributed by atoms with Crippen LogP contribution in [0, 0.1) is 13.8 Å². The maximum atomic E-state index is 12.5. The first-order valence-corrected chi connectivity index (χ1v) is 11.1. The Kier molecular flexibility index (Phi) is 5.56. The molecular formula is C21H21N3O3S2. The summed E-state index contributed by atoms with van der Waals surface area (Å²) in [5.41, 5.74) is 2.27. The van der Waals surface area contributed by atoms with Crippen molar-refractivity contribution in [2.45, 2.75) is 37.6 Å². The van der Waals surface area contributed by atoms with E-state index in [-0.39, 0.29) is 11.7 Å². The zero-order valence-electron chi connectivity index (χ0n) is 16.4.